The number of sulfonamides is 1. The van der Waals surface area contributed by atoms with Crippen molar-refractivity contribution in [3.63, 3.8) is 0 Å². The summed E-state index contributed by atoms with van der Waals surface area (Å²) < 4.78 is 39.2. The third kappa shape index (κ3) is 3.57. The molecule has 0 bridgehead atoms. The zero-order chi connectivity index (χ0) is 19.0. The molecular formula is C17H14N4O4S2. The number of anilines is 1. The molecule has 3 heterocycles. The molecule has 0 saturated carbocycles. The van der Waals surface area contributed by atoms with Crippen molar-refractivity contribution in [1.82, 2.24) is 5.16 Å². The minimum Gasteiger partial charge on any atom is -0.461 e. The van der Waals surface area contributed by atoms with Crippen molar-refractivity contribution in [2.24, 2.45) is 10.1 Å². The first-order valence-electron chi connectivity index (χ1n) is 7.79. The number of benzene rings is 1. The predicted octanol–water partition coefficient (Wildman–Crippen LogP) is 3.57. The number of fused-ring (bicyclic) bond motifs is 1. The van der Waals surface area contributed by atoms with Gasteiger partial charge in [-0.25, -0.2) is 0 Å². The Hall–Kier alpha value is -3.11. The SMILES string of the molecule is Cc1cc2cc(NC(N)=NS(=O)(=O)c3ccc(-c4ccno4)s3)ccc2o1. The summed E-state index contributed by atoms with van der Waals surface area (Å²) in [4.78, 5) is 0.633. The van der Waals surface area contributed by atoms with Crippen LogP contribution in [0, 0.1) is 6.92 Å². The lowest BCUT2D eigenvalue weighted by atomic mass is 10.2. The second kappa shape index (κ2) is 6.56. The van der Waals surface area contributed by atoms with Crippen LogP contribution in [0.25, 0.3) is 21.6 Å². The van der Waals surface area contributed by atoms with Crippen LogP contribution < -0.4 is 11.1 Å². The van der Waals surface area contributed by atoms with Gasteiger partial charge in [0.25, 0.3) is 10.0 Å². The molecule has 0 aliphatic carbocycles. The first-order valence-corrected chi connectivity index (χ1v) is 10.0. The van der Waals surface area contributed by atoms with Crippen LogP contribution in [0.2, 0.25) is 0 Å². The standard InChI is InChI=1S/C17H14N4O4S2/c1-10-8-11-9-12(2-3-13(11)24-10)20-17(18)21-27(22,23)16-5-4-15(26-16)14-6-7-19-25-14/h2-9H,1H3,(H3,18,20,21). The van der Waals surface area contributed by atoms with Crippen molar-refractivity contribution < 1.29 is 17.4 Å². The summed E-state index contributed by atoms with van der Waals surface area (Å²) in [5.74, 6) is 1.04. The van der Waals surface area contributed by atoms with Gasteiger partial charge in [-0.05, 0) is 43.3 Å². The van der Waals surface area contributed by atoms with Gasteiger partial charge in [0.2, 0.25) is 5.96 Å². The highest BCUT2D eigenvalue weighted by atomic mass is 32.2. The summed E-state index contributed by atoms with van der Waals surface area (Å²) >= 11 is 1.03. The van der Waals surface area contributed by atoms with E-state index in [-0.39, 0.29) is 10.2 Å². The van der Waals surface area contributed by atoms with Gasteiger partial charge in [0, 0.05) is 17.1 Å². The molecule has 0 aliphatic rings. The van der Waals surface area contributed by atoms with E-state index in [9.17, 15) is 8.42 Å². The van der Waals surface area contributed by atoms with Crippen LogP contribution in [-0.2, 0) is 10.0 Å². The van der Waals surface area contributed by atoms with E-state index < -0.39 is 10.0 Å². The maximum absolute atomic E-state index is 12.5. The lowest BCUT2D eigenvalue weighted by Gasteiger charge is -2.05. The predicted molar refractivity (Wildman–Crippen MR) is 103 cm³/mol. The van der Waals surface area contributed by atoms with Crippen molar-refractivity contribution in [3.05, 3.63) is 54.4 Å². The molecule has 4 rings (SSSR count). The molecule has 0 saturated heterocycles. The maximum atomic E-state index is 12.5. The average Bonchev–Trinajstić information content (AvgIpc) is 3.33. The largest absolute Gasteiger partial charge is 0.461 e. The van der Waals surface area contributed by atoms with Gasteiger partial charge in [-0.3, -0.25) is 0 Å². The Morgan fingerprint density at radius 3 is 2.85 bits per heavy atom. The van der Waals surface area contributed by atoms with Crippen molar-refractivity contribution in [2.75, 3.05) is 5.32 Å². The van der Waals surface area contributed by atoms with Crippen LogP contribution in [0.15, 0.2) is 66.2 Å². The number of aromatic nitrogens is 1. The normalized spacial score (nSPS) is 12.6. The van der Waals surface area contributed by atoms with Crippen LogP contribution in [-0.4, -0.2) is 19.5 Å². The highest BCUT2D eigenvalue weighted by Crippen LogP contribution is 2.31. The fourth-order valence-electron chi connectivity index (χ4n) is 2.53. The molecule has 0 aliphatic heterocycles. The highest BCUT2D eigenvalue weighted by Gasteiger charge is 2.18. The smallest absolute Gasteiger partial charge is 0.295 e. The van der Waals surface area contributed by atoms with Gasteiger partial charge in [0.15, 0.2) is 5.76 Å². The van der Waals surface area contributed by atoms with Crippen molar-refractivity contribution in [1.29, 1.82) is 0 Å². The fraction of sp³-hybridized carbons (Fsp3) is 0.0588. The topological polar surface area (TPSA) is 124 Å². The Labute approximate surface area is 158 Å². The summed E-state index contributed by atoms with van der Waals surface area (Å²) in [6, 6.07) is 11.9. The molecule has 8 nitrogen and oxygen atoms in total. The highest BCUT2D eigenvalue weighted by molar-refractivity contribution is 7.92. The fourth-order valence-corrected chi connectivity index (χ4v) is 4.66. The van der Waals surface area contributed by atoms with Crippen molar-refractivity contribution in [2.45, 2.75) is 11.1 Å². The zero-order valence-electron chi connectivity index (χ0n) is 14.0. The molecule has 3 aromatic heterocycles. The van der Waals surface area contributed by atoms with Gasteiger partial charge in [0.1, 0.15) is 15.6 Å². The molecule has 3 N–H and O–H groups in total. The Balaban J connectivity index is 1.57. The third-order valence-electron chi connectivity index (χ3n) is 3.65. The van der Waals surface area contributed by atoms with E-state index in [2.05, 4.69) is 14.9 Å². The van der Waals surface area contributed by atoms with Crippen LogP contribution in [0.1, 0.15) is 5.76 Å². The number of aryl methyl sites for hydroxylation is 1. The summed E-state index contributed by atoms with van der Waals surface area (Å²) in [6.07, 6.45) is 1.49. The van der Waals surface area contributed by atoms with E-state index >= 15 is 0 Å². The first-order chi connectivity index (χ1) is 12.9. The molecule has 27 heavy (non-hydrogen) atoms. The van der Waals surface area contributed by atoms with E-state index in [1.165, 1.54) is 12.3 Å². The molecule has 138 valence electrons. The van der Waals surface area contributed by atoms with Crippen LogP contribution >= 0.6 is 11.3 Å². The number of thiophene rings is 1. The summed E-state index contributed by atoms with van der Waals surface area (Å²) in [7, 11) is -3.95. The Morgan fingerprint density at radius 1 is 1.22 bits per heavy atom. The molecule has 0 atom stereocenters. The summed E-state index contributed by atoms with van der Waals surface area (Å²) in [6.45, 7) is 1.85. The van der Waals surface area contributed by atoms with Crippen molar-refractivity contribution >= 4 is 44.0 Å². The lowest BCUT2D eigenvalue weighted by molar-refractivity contribution is 0.433. The summed E-state index contributed by atoms with van der Waals surface area (Å²) in [5, 5.41) is 7.27. The van der Waals surface area contributed by atoms with Gasteiger partial charge in [-0.2, -0.15) is 8.42 Å². The number of nitrogens with two attached hydrogens (primary N) is 1. The van der Waals surface area contributed by atoms with Crippen LogP contribution in [0.5, 0.6) is 0 Å². The third-order valence-corrected chi connectivity index (χ3v) is 6.50. The minimum atomic E-state index is -3.95. The second-order valence-electron chi connectivity index (χ2n) is 5.68. The number of hydrogen-bond acceptors (Lipinski definition) is 6. The number of hydrogen-bond donors (Lipinski definition) is 2. The van der Waals surface area contributed by atoms with E-state index in [4.69, 9.17) is 14.7 Å². The zero-order valence-corrected chi connectivity index (χ0v) is 15.7. The van der Waals surface area contributed by atoms with Crippen molar-refractivity contribution in [3.8, 4) is 10.6 Å². The van der Waals surface area contributed by atoms with Gasteiger partial charge in [0.05, 0.1) is 11.1 Å². The molecule has 0 spiro atoms. The van der Waals surface area contributed by atoms with E-state index in [0.717, 1.165) is 28.1 Å². The number of guanidine groups is 1. The maximum Gasteiger partial charge on any atom is 0.295 e. The Bertz CT molecular complexity index is 1240. The molecule has 0 amide bonds. The van der Waals surface area contributed by atoms with E-state index in [0.29, 0.717) is 16.3 Å². The lowest BCUT2D eigenvalue weighted by Crippen LogP contribution is -2.23. The molecular weight excluding hydrogens is 388 g/mol. The van der Waals surface area contributed by atoms with Gasteiger partial charge in [-0.15, -0.1) is 15.7 Å². The molecule has 10 heteroatoms. The van der Waals surface area contributed by atoms with Gasteiger partial charge in [-0.1, -0.05) is 5.16 Å². The molecule has 1 aromatic carbocycles. The first kappa shape index (κ1) is 17.3. The average molecular weight is 402 g/mol. The molecule has 0 fully saturated rings. The molecule has 0 unspecified atom stereocenters. The number of nitrogens with zero attached hydrogens (tertiary/aromatic N) is 2. The minimum absolute atomic E-state index is 0.0551. The van der Waals surface area contributed by atoms with Gasteiger partial charge < -0.3 is 20.0 Å². The van der Waals surface area contributed by atoms with Gasteiger partial charge >= 0.3 is 0 Å². The number of nitrogens with one attached hydrogen (secondary N) is 1. The molecule has 4 aromatic rings. The van der Waals surface area contributed by atoms with Crippen LogP contribution in [0.4, 0.5) is 5.69 Å². The quantitative estimate of drug-likeness (QED) is 0.395. The monoisotopic (exact) mass is 402 g/mol. The summed E-state index contributed by atoms with van der Waals surface area (Å²) in [5.41, 5.74) is 7.13. The van der Waals surface area contributed by atoms with E-state index in [1.54, 1.807) is 30.3 Å². The number of rotatable bonds is 4. The van der Waals surface area contributed by atoms with Crippen LogP contribution in [0.3, 0.4) is 0 Å². The second-order valence-corrected chi connectivity index (χ2v) is 8.60. The number of furan rings is 1. The van der Waals surface area contributed by atoms with E-state index in [1.807, 2.05) is 13.0 Å². The Kier molecular flexibility index (Phi) is 4.21. The Morgan fingerprint density at radius 2 is 2.07 bits per heavy atom. The molecule has 0 radical (unpaired) electrons.